The topological polar surface area (TPSA) is 77.4 Å². The maximum Gasteiger partial charge on any atom is 0.344 e. The van der Waals surface area contributed by atoms with E-state index in [0.29, 0.717) is 38.5 Å². The second kappa shape index (κ2) is 53.2. The van der Waals surface area contributed by atoms with E-state index in [4.69, 9.17) is 30.9 Å². The van der Waals surface area contributed by atoms with Gasteiger partial charge in [-0.2, -0.15) is 0 Å². The van der Waals surface area contributed by atoms with E-state index in [1.165, 1.54) is 25.3 Å². The van der Waals surface area contributed by atoms with E-state index >= 15 is 0 Å². The molecule has 0 aliphatic rings. The standard InChI is InChI=1S/C11H18O4.C9H14ClNO.C6H12.C4H6.C2H6.C2H4/c1-4-5-7-14-8-6-9(2)15-10(3)11(12)13;1-3-7-12-8-9(2)11-6-4-5-10;1-3-5-6-4-2;1-3-4-2;2*1-2/h5,7,10H,2,4,6,8H2,1,3H3,(H,12,13);3-5H,1,6-8H2,2H3;3,5H,4,6H2,1-2H3;3-4H,1-2H2;1-2H3;1-2H2/b7-5+;5-4+,11-9?;5-3-;;;. The first-order chi connectivity index (χ1) is 19.7. The molecule has 41 heavy (non-hydrogen) atoms. The number of nitrogens with zero attached hydrogens (tertiary/aromatic N) is 1. The Morgan fingerprint density at radius 1 is 1.07 bits per heavy atom. The smallest absolute Gasteiger partial charge is 0.344 e. The molecule has 0 heterocycles. The second-order valence-electron chi connectivity index (χ2n) is 7.11. The summed E-state index contributed by atoms with van der Waals surface area (Å²) >= 11 is 5.32. The van der Waals surface area contributed by atoms with Crippen LogP contribution in [-0.2, 0) is 19.0 Å². The third kappa shape index (κ3) is 67.0. The van der Waals surface area contributed by atoms with E-state index in [2.05, 4.69) is 70.5 Å². The number of aliphatic imine (C=N–C) groups is 1. The number of rotatable bonds is 17. The number of aliphatic carboxylic acids is 1. The summed E-state index contributed by atoms with van der Waals surface area (Å²) in [6, 6.07) is 0. The number of carboxylic acid groups (broad SMARTS) is 1. The Hall–Kier alpha value is -3.09. The van der Waals surface area contributed by atoms with Gasteiger partial charge in [0.05, 0.1) is 38.4 Å². The lowest BCUT2D eigenvalue weighted by Crippen LogP contribution is -2.19. The Kier molecular flexibility index (Phi) is 65.8. The Morgan fingerprint density at radius 2 is 1.66 bits per heavy atom. The molecule has 0 saturated heterocycles. The van der Waals surface area contributed by atoms with Crippen LogP contribution in [0.5, 0.6) is 0 Å². The molecule has 0 aromatic heterocycles. The maximum atomic E-state index is 10.4. The molecule has 0 bridgehead atoms. The molecule has 7 heteroatoms. The Bertz CT molecular complexity index is 691. The lowest BCUT2D eigenvalue weighted by Gasteiger charge is -2.12. The molecule has 6 nitrogen and oxygen atoms in total. The highest BCUT2D eigenvalue weighted by atomic mass is 35.5. The molecule has 0 spiro atoms. The molecule has 0 amide bonds. The summed E-state index contributed by atoms with van der Waals surface area (Å²) in [5, 5.41) is 8.56. The highest BCUT2D eigenvalue weighted by Crippen LogP contribution is 2.05. The third-order valence-corrected chi connectivity index (χ3v) is 3.76. The van der Waals surface area contributed by atoms with Gasteiger partial charge in [0.25, 0.3) is 0 Å². The van der Waals surface area contributed by atoms with Gasteiger partial charge < -0.3 is 19.3 Å². The Balaban J connectivity index is -0.000000104. The van der Waals surface area contributed by atoms with Crippen molar-refractivity contribution in [1.29, 1.82) is 0 Å². The monoisotopic (exact) mass is 597 g/mol. The van der Waals surface area contributed by atoms with Gasteiger partial charge in [0.2, 0.25) is 0 Å². The molecule has 238 valence electrons. The Morgan fingerprint density at radius 3 is 2.05 bits per heavy atom. The molecular formula is C34H60ClNO5. The van der Waals surface area contributed by atoms with Crippen molar-refractivity contribution < 1.29 is 24.1 Å². The summed E-state index contributed by atoms with van der Waals surface area (Å²) in [5.41, 5.74) is 2.42. The fraction of sp³-hybridized carbons (Fsp3) is 0.471. The predicted molar refractivity (Wildman–Crippen MR) is 184 cm³/mol. The maximum absolute atomic E-state index is 10.4. The van der Waals surface area contributed by atoms with E-state index in [0.717, 1.165) is 12.1 Å². The van der Waals surface area contributed by atoms with Crippen LogP contribution < -0.4 is 0 Å². The first-order valence-corrected chi connectivity index (χ1v) is 14.3. The number of hydrogen-bond acceptors (Lipinski definition) is 5. The molecule has 0 rings (SSSR count). The van der Waals surface area contributed by atoms with Crippen molar-refractivity contribution in [2.24, 2.45) is 4.99 Å². The molecule has 0 fully saturated rings. The second-order valence-corrected chi connectivity index (χ2v) is 7.36. The number of halogens is 1. The number of allylic oxidation sites excluding steroid dienone is 5. The number of carbonyl (C=O) groups is 1. The van der Waals surface area contributed by atoms with Crippen LogP contribution in [0.4, 0.5) is 0 Å². The van der Waals surface area contributed by atoms with Crippen molar-refractivity contribution in [1.82, 2.24) is 0 Å². The van der Waals surface area contributed by atoms with Crippen molar-refractivity contribution >= 4 is 23.3 Å². The van der Waals surface area contributed by atoms with E-state index in [1.807, 2.05) is 33.8 Å². The number of carboxylic acids is 1. The Labute approximate surface area is 258 Å². The van der Waals surface area contributed by atoms with Gasteiger partial charge in [0.15, 0.2) is 6.10 Å². The fourth-order valence-corrected chi connectivity index (χ4v) is 1.76. The molecule has 0 radical (unpaired) electrons. The van der Waals surface area contributed by atoms with Crippen molar-refractivity contribution in [3.05, 3.63) is 99.6 Å². The average Bonchev–Trinajstić information content (AvgIpc) is 2.99. The van der Waals surface area contributed by atoms with Crippen LogP contribution in [0.2, 0.25) is 0 Å². The van der Waals surface area contributed by atoms with E-state index in [9.17, 15) is 4.79 Å². The average molecular weight is 598 g/mol. The number of ether oxygens (including phenoxy) is 3. The van der Waals surface area contributed by atoms with Gasteiger partial charge in [-0.3, -0.25) is 4.99 Å². The summed E-state index contributed by atoms with van der Waals surface area (Å²) < 4.78 is 15.3. The SMILES string of the molecule is C/C=C\CCC.C=C.C=C(CCO/C=C/CC)OC(C)C(=O)O.C=CC=C.C=CCOCC(C)=NC/C=C/Cl.CC. The van der Waals surface area contributed by atoms with Crippen LogP contribution >= 0.6 is 11.6 Å². The summed E-state index contributed by atoms with van der Waals surface area (Å²) in [6.07, 6.45) is 17.6. The van der Waals surface area contributed by atoms with Crippen molar-refractivity contribution in [3.63, 3.8) is 0 Å². The molecule has 0 saturated carbocycles. The minimum Gasteiger partial charge on any atom is -0.501 e. The quantitative estimate of drug-likeness (QED) is 0.0593. The van der Waals surface area contributed by atoms with Gasteiger partial charge in [0, 0.05) is 17.7 Å². The van der Waals surface area contributed by atoms with E-state index < -0.39 is 12.1 Å². The van der Waals surface area contributed by atoms with E-state index in [-0.39, 0.29) is 0 Å². The molecule has 0 aromatic carbocycles. The van der Waals surface area contributed by atoms with Gasteiger partial charge in [0.1, 0.15) is 0 Å². The van der Waals surface area contributed by atoms with Crippen LogP contribution in [-0.4, -0.2) is 49.3 Å². The van der Waals surface area contributed by atoms with Crippen LogP contribution in [0.15, 0.2) is 105 Å². The van der Waals surface area contributed by atoms with Gasteiger partial charge >= 0.3 is 5.97 Å². The zero-order valence-corrected chi connectivity index (χ0v) is 27.8. The minimum atomic E-state index is -0.997. The molecule has 1 N–H and O–H groups in total. The minimum absolute atomic E-state index is 0.426. The fourth-order valence-electron chi connectivity index (χ4n) is 1.68. The predicted octanol–water partition coefficient (Wildman–Crippen LogP) is 10.3. The zero-order valence-electron chi connectivity index (χ0n) is 27.1. The van der Waals surface area contributed by atoms with Crippen molar-refractivity contribution in [3.8, 4) is 0 Å². The highest BCUT2D eigenvalue weighted by molar-refractivity contribution is 6.25. The highest BCUT2D eigenvalue weighted by Gasteiger charge is 2.12. The van der Waals surface area contributed by atoms with Crippen LogP contribution in [0.3, 0.4) is 0 Å². The summed E-state index contributed by atoms with van der Waals surface area (Å²) in [5.74, 6) is -0.572. The zero-order chi connectivity index (χ0) is 33.2. The van der Waals surface area contributed by atoms with Gasteiger partial charge in [-0.05, 0) is 33.6 Å². The lowest BCUT2D eigenvalue weighted by molar-refractivity contribution is -0.146. The van der Waals surface area contributed by atoms with Crippen LogP contribution in [0.25, 0.3) is 0 Å². The molecule has 0 aliphatic carbocycles. The van der Waals surface area contributed by atoms with Crippen molar-refractivity contribution in [2.75, 3.05) is 26.4 Å². The largest absolute Gasteiger partial charge is 0.501 e. The molecule has 0 aliphatic heterocycles. The molecule has 1 atom stereocenters. The third-order valence-electron chi connectivity index (χ3n) is 3.58. The molecule has 1 unspecified atom stereocenters. The molecule has 0 aromatic rings. The number of unbranched alkanes of at least 4 members (excludes halogenated alkanes) is 1. The van der Waals surface area contributed by atoms with E-state index in [1.54, 1.807) is 30.6 Å². The van der Waals surface area contributed by atoms with Gasteiger partial charge in [-0.25, -0.2) is 4.79 Å². The van der Waals surface area contributed by atoms with Gasteiger partial charge in [-0.1, -0.05) is 108 Å². The van der Waals surface area contributed by atoms with Crippen LogP contribution in [0, 0.1) is 0 Å². The summed E-state index contributed by atoms with van der Waals surface area (Å²) in [6.45, 7) is 35.7. The molecular weight excluding hydrogens is 538 g/mol. The number of hydrogen-bond donors (Lipinski definition) is 1. The summed E-state index contributed by atoms with van der Waals surface area (Å²) in [7, 11) is 0. The lowest BCUT2D eigenvalue weighted by atomic mass is 10.3. The first kappa shape index (κ1) is 50.7. The summed E-state index contributed by atoms with van der Waals surface area (Å²) in [4.78, 5) is 14.6. The van der Waals surface area contributed by atoms with Crippen LogP contribution in [0.1, 0.15) is 74.1 Å². The van der Waals surface area contributed by atoms with Gasteiger partial charge in [-0.15, -0.1) is 19.7 Å². The normalized spacial score (nSPS) is 10.4. The first-order valence-electron chi connectivity index (χ1n) is 13.8. The van der Waals surface area contributed by atoms with Crippen molar-refractivity contribution in [2.45, 2.75) is 80.3 Å².